The lowest BCUT2D eigenvalue weighted by Crippen LogP contribution is -2.52. The van der Waals surface area contributed by atoms with Gasteiger partial charge in [-0.3, -0.25) is 11.3 Å². The molecular weight excluding hydrogens is 232 g/mol. The molecule has 0 amide bonds. The van der Waals surface area contributed by atoms with Crippen molar-refractivity contribution in [1.82, 2.24) is 5.43 Å². The Hall–Kier alpha value is -0.420. The first-order valence-electron chi connectivity index (χ1n) is 6.07. The molecule has 0 bridgehead atoms. The molecular formula is C13H24N2OS. The Kier molecular flexibility index (Phi) is 5.59. The van der Waals surface area contributed by atoms with Crippen LogP contribution in [0.5, 0.6) is 0 Å². The van der Waals surface area contributed by atoms with E-state index in [0.717, 1.165) is 6.42 Å². The van der Waals surface area contributed by atoms with E-state index in [1.165, 1.54) is 5.56 Å². The molecule has 17 heavy (non-hydrogen) atoms. The maximum atomic E-state index is 5.87. The summed E-state index contributed by atoms with van der Waals surface area (Å²) in [5.41, 5.74) is 4.30. The van der Waals surface area contributed by atoms with Crippen LogP contribution in [0.25, 0.3) is 0 Å². The summed E-state index contributed by atoms with van der Waals surface area (Å²) in [4.78, 5) is 0. The molecule has 1 aromatic rings. The van der Waals surface area contributed by atoms with Gasteiger partial charge < -0.3 is 4.74 Å². The van der Waals surface area contributed by atoms with E-state index in [4.69, 9.17) is 10.6 Å². The molecule has 0 fully saturated rings. The summed E-state index contributed by atoms with van der Waals surface area (Å²) in [5.74, 6) is 5.69. The van der Waals surface area contributed by atoms with Crippen LogP contribution in [0.2, 0.25) is 0 Å². The third kappa shape index (κ3) is 4.39. The van der Waals surface area contributed by atoms with Crippen LogP contribution >= 0.6 is 11.3 Å². The van der Waals surface area contributed by atoms with Gasteiger partial charge in [0.2, 0.25) is 0 Å². The number of hydrogen-bond donors (Lipinski definition) is 2. The molecule has 0 aliphatic rings. The number of hydrazine groups is 1. The van der Waals surface area contributed by atoms with Gasteiger partial charge >= 0.3 is 0 Å². The van der Waals surface area contributed by atoms with Crippen LogP contribution < -0.4 is 11.3 Å². The molecule has 4 heteroatoms. The van der Waals surface area contributed by atoms with E-state index in [2.05, 4.69) is 43.0 Å². The lowest BCUT2D eigenvalue weighted by molar-refractivity contribution is -0.0356. The Labute approximate surface area is 108 Å². The minimum atomic E-state index is 0.0725. The van der Waals surface area contributed by atoms with Crippen LogP contribution in [-0.4, -0.2) is 18.8 Å². The van der Waals surface area contributed by atoms with E-state index in [1.807, 2.05) is 6.92 Å². The predicted molar refractivity (Wildman–Crippen MR) is 74.0 cm³/mol. The number of rotatable bonds is 6. The van der Waals surface area contributed by atoms with E-state index >= 15 is 0 Å². The van der Waals surface area contributed by atoms with Crippen molar-refractivity contribution >= 4 is 11.3 Å². The van der Waals surface area contributed by atoms with Crippen molar-refractivity contribution in [1.29, 1.82) is 0 Å². The Morgan fingerprint density at radius 1 is 1.47 bits per heavy atom. The molecule has 0 aliphatic carbocycles. The molecule has 98 valence electrons. The van der Waals surface area contributed by atoms with E-state index in [9.17, 15) is 0 Å². The molecule has 3 N–H and O–H groups in total. The molecule has 0 radical (unpaired) electrons. The molecule has 1 aromatic heterocycles. The average molecular weight is 256 g/mol. The van der Waals surface area contributed by atoms with E-state index < -0.39 is 0 Å². The molecule has 0 aliphatic heterocycles. The molecule has 0 saturated carbocycles. The van der Waals surface area contributed by atoms with Crippen LogP contribution in [0.4, 0.5) is 0 Å². The van der Waals surface area contributed by atoms with Crippen molar-refractivity contribution in [3.8, 4) is 0 Å². The van der Waals surface area contributed by atoms with Crippen molar-refractivity contribution in [2.45, 2.75) is 46.3 Å². The molecule has 0 saturated heterocycles. The highest BCUT2D eigenvalue weighted by molar-refractivity contribution is 7.07. The third-order valence-electron chi connectivity index (χ3n) is 2.82. The minimum absolute atomic E-state index is 0.0725. The smallest absolute Gasteiger partial charge is 0.0792 e. The summed E-state index contributed by atoms with van der Waals surface area (Å²) in [6, 6.07) is 2.28. The summed E-state index contributed by atoms with van der Waals surface area (Å²) < 4.78 is 5.87. The van der Waals surface area contributed by atoms with Crippen LogP contribution in [0.3, 0.4) is 0 Å². The zero-order valence-corrected chi connectivity index (χ0v) is 12.0. The predicted octanol–water partition coefficient (Wildman–Crippen LogP) is 2.57. The maximum Gasteiger partial charge on any atom is 0.0792 e. The summed E-state index contributed by atoms with van der Waals surface area (Å²) in [6.45, 7) is 9.29. The molecule has 2 unspecified atom stereocenters. The van der Waals surface area contributed by atoms with Crippen LogP contribution in [0.1, 0.15) is 33.3 Å². The topological polar surface area (TPSA) is 47.3 Å². The zero-order chi connectivity index (χ0) is 12.9. The summed E-state index contributed by atoms with van der Waals surface area (Å²) in [5, 5.41) is 4.26. The first-order chi connectivity index (χ1) is 7.99. The number of ether oxygens (including phenoxy) is 1. The molecule has 1 rings (SSSR count). The Morgan fingerprint density at radius 3 is 2.59 bits per heavy atom. The number of thiophene rings is 1. The summed E-state index contributed by atoms with van der Waals surface area (Å²) >= 11 is 1.72. The quantitative estimate of drug-likeness (QED) is 0.607. The van der Waals surface area contributed by atoms with Crippen molar-refractivity contribution in [2.75, 3.05) is 6.61 Å². The fourth-order valence-corrected chi connectivity index (χ4v) is 2.75. The van der Waals surface area contributed by atoms with Crippen molar-refractivity contribution in [3.05, 3.63) is 22.4 Å². The fourth-order valence-electron chi connectivity index (χ4n) is 2.07. The number of nitrogens with one attached hydrogen (secondary N) is 1. The van der Waals surface area contributed by atoms with Crippen molar-refractivity contribution in [3.63, 3.8) is 0 Å². The van der Waals surface area contributed by atoms with Crippen LogP contribution in [0.15, 0.2) is 16.8 Å². The Bertz CT molecular complexity index is 306. The normalized spacial score (nSPS) is 15.8. The third-order valence-corrected chi connectivity index (χ3v) is 3.55. The summed E-state index contributed by atoms with van der Waals surface area (Å²) in [6.07, 6.45) is 1.01. The number of hydrogen-bond acceptors (Lipinski definition) is 4. The SMILES string of the molecule is CCOC(C(Cc1ccsc1)NN)C(C)(C)C. The van der Waals surface area contributed by atoms with E-state index in [0.29, 0.717) is 6.61 Å². The first-order valence-corrected chi connectivity index (χ1v) is 7.02. The highest BCUT2D eigenvalue weighted by atomic mass is 32.1. The van der Waals surface area contributed by atoms with E-state index in [1.54, 1.807) is 11.3 Å². The minimum Gasteiger partial charge on any atom is -0.376 e. The zero-order valence-electron chi connectivity index (χ0n) is 11.2. The lowest BCUT2D eigenvalue weighted by Gasteiger charge is -2.36. The first kappa shape index (κ1) is 14.6. The van der Waals surface area contributed by atoms with Gasteiger partial charge in [0.1, 0.15) is 0 Å². The van der Waals surface area contributed by atoms with Gasteiger partial charge in [0.25, 0.3) is 0 Å². The van der Waals surface area contributed by atoms with Gasteiger partial charge in [-0.25, -0.2) is 0 Å². The van der Waals surface area contributed by atoms with Gasteiger partial charge in [0, 0.05) is 6.61 Å². The lowest BCUT2D eigenvalue weighted by atomic mass is 9.83. The second-order valence-corrected chi connectivity index (χ2v) is 6.13. The molecule has 3 nitrogen and oxygen atoms in total. The van der Waals surface area contributed by atoms with Gasteiger partial charge in [-0.2, -0.15) is 11.3 Å². The van der Waals surface area contributed by atoms with Crippen LogP contribution in [-0.2, 0) is 11.2 Å². The average Bonchev–Trinajstić information content (AvgIpc) is 2.74. The highest BCUT2D eigenvalue weighted by Crippen LogP contribution is 2.26. The van der Waals surface area contributed by atoms with Gasteiger partial charge in [-0.1, -0.05) is 20.8 Å². The van der Waals surface area contributed by atoms with Gasteiger partial charge in [0.15, 0.2) is 0 Å². The molecule has 2 atom stereocenters. The van der Waals surface area contributed by atoms with Crippen LogP contribution in [0, 0.1) is 5.41 Å². The second-order valence-electron chi connectivity index (χ2n) is 5.35. The van der Waals surface area contributed by atoms with Gasteiger partial charge in [-0.15, -0.1) is 0 Å². The van der Waals surface area contributed by atoms with Gasteiger partial charge in [-0.05, 0) is 41.1 Å². The van der Waals surface area contributed by atoms with Crippen molar-refractivity contribution in [2.24, 2.45) is 11.3 Å². The Morgan fingerprint density at radius 2 is 2.18 bits per heavy atom. The maximum absolute atomic E-state index is 5.87. The highest BCUT2D eigenvalue weighted by Gasteiger charge is 2.32. The molecule has 0 spiro atoms. The number of nitrogens with two attached hydrogens (primary N) is 1. The standard InChI is InChI=1S/C13H24N2OS/c1-5-16-12(13(2,3)4)11(15-14)8-10-6-7-17-9-10/h6-7,9,11-12,15H,5,8,14H2,1-4H3. The fraction of sp³-hybridized carbons (Fsp3) is 0.692. The largest absolute Gasteiger partial charge is 0.376 e. The van der Waals surface area contributed by atoms with Crippen molar-refractivity contribution < 1.29 is 4.74 Å². The van der Waals surface area contributed by atoms with Gasteiger partial charge in [0.05, 0.1) is 12.1 Å². The Balaban J connectivity index is 2.74. The summed E-state index contributed by atoms with van der Waals surface area (Å²) in [7, 11) is 0. The van der Waals surface area contributed by atoms with E-state index in [-0.39, 0.29) is 17.6 Å². The molecule has 1 heterocycles. The monoisotopic (exact) mass is 256 g/mol. The molecule has 0 aromatic carbocycles. The second kappa shape index (κ2) is 6.50.